The summed E-state index contributed by atoms with van der Waals surface area (Å²) in [4.78, 5) is 41.9. The molecule has 232 valence electrons. The first kappa shape index (κ1) is 35.3. The second-order valence-corrected chi connectivity index (χ2v) is 11.2. The molecule has 10 nitrogen and oxygen atoms in total. The SMILES string of the molecule is CC(=O)O.CC(=O)O.CSc1cc([C@H]2C[C@@H](OC(C)=O)C[C@@H](COC(C)=O)O2)cc(Cc2ccc(C3CC3)cc2)c1C#N. The molecule has 2 aliphatic rings. The zero-order valence-electron chi connectivity index (χ0n) is 25.1. The summed E-state index contributed by atoms with van der Waals surface area (Å²) in [7, 11) is 0. The molecule has 0 aromatic heterocycles. The van der Waals surface area contributed by atoms with Gasteiger partial charge in [-0.05, 0) is 59.8 Å². The predicted octanol–water partition coefficient (Wildman–Crippen LogP) is 5.65. The van der Waals surface area contributed by atoms with Crippen LogP contribution in [0.25, 0.3) is 0 Å². The van der Waals surface area contributed by atoms with Crippen LogP contribution in [0.15, 0.2) is 41.3 Å². The second-order valence-electron chi connectivity index (χ2n) is 10.4. The number of rotatable bonds is 8. The van der Waals surface area contributed by atoms with Crippen LogP contribution in [0.5, 0.6) is 0 Å². The van der Waals surface area contributed by atoms with Crippen molar-refractivity contribution in [2.24, 2.45) is 0 Å². The Balaban J connectivity index is 0.000000719. The van der Waals surface area contributed by atoms with Crippen molar-refractivity contribution in [2.75, 3.05) is 12.9 Å². The van der Waals surface area contributed by atoms with Gasteiger partial charge in [-0.3, -0.25) is 19.2 Å². The van der Waals surface area contributed by atoms with E-state index in [1.807, 2.05) is 18.4 Å². The van der Waals surface area contributed by atoms with E-state index in [-0.39, 0.29) is 36.9 Å². The lowest BCUT2D eigenvalue weighted by Gasteiger charge is -2.35. The number of carbonyl (C=O) groups is 4. The van der Waals surface area contributed by atoms with E-state index >= 15 is 0 Å². The van der Waals surface area contributed by atoms with Crippen LogP contribution < -0.4 is 0 Å². The fourth-order valence-corrected chi connectivity index (χ4v) is 5.32. The number of esters is 2. The van der Waals surface area contributed by atoms with Gasteiger partial charge in [-0.2, -0.15) is 5.26 Å². The van der Waals surface area contributed by atoms with E-state index in [2.05, 4.69) is 30.3 Å². The average Bonchev–Trinajstić information content (AvgIpc) is 3.76. The number of carbonyl (C=O) groups excluding carboxylic acids is 2. The minimum absolute atomic E-state index is 0.107. The zero-order valence-corrected chi connectivity index (χ0v) is 25.9. The molecular formula is C32H39NO9S. The molecule has 0 amide bonds. The number of ether oxygens (including phenoxy) is 3. The van der Waals surface area contributed by atoms with Crippen LogP contribution in [0.3, 0.4) is 0 Å². The number of nitriles is 1. The first-order chi connectivity index (χ1) is 20.3. The van der Waals surface area contributed by atoms with Gasteiger partial charge in [0.1, 0.15) is 18.8 Å². The van der Waals surface area contributed by atoms with Crippen LogP contribution in [0, 0.1) is 11.3 Å². The first-order valence-electron chi connectivity index (χ1n) is 13.9. The largest absolute Gasteiger partial charge is 0.481 e. The Morgan fingerprint density at radius 3 is 2.05 bits per heavy atom. The maximum Gasteiger partial charge on any atom is 0.302 e. The number of thioether (sulfide) groups is 1. The summed E-state index contributed by atoms with van der Waals surface area (Å²) < 4.78 is 17.0. The summed E-state index contributed by atoms with van der Waals surface area (Å²) in [6, 6.07) is 15.1. The molecule has 0 spiro atoms. The maximum absolute atomic E-state index is 11.7. The molecule has 1 saturated heterocycles. The first-order valence-corrected chi connectivity index (χ1v) is 15.1. The number of benzene rings is 2. The van der Waals surface area contributed by atoms with Crippen molar-refractivity contribution >= 4 is 35.6 Å². The Hall–Kier alpha value is -3.88. The molecule has 0 radical (unpaired) electrons. The van der Waals surface area contributed by atoms with E-state index in [0.29, 0.717) is 30.7 Å². The number of aliphatic carboxylic acids is 2. The molecule has 1 aliphatic carbocycles. The van der Waals surface area contributed by atoms with Crippen LogP contribution in [0.2, 0.25) is 0 Å². The molecule has 2 N–H and O–H groups in total. The van der Waals surface area contributed by atoms with E-state index in [1.165, 1.54) is 44.0 Å². The number of carboxylic acids is 2. The highest BCUT2D eigenvalue weighted by Gasteiger charge is 2.33. The van der Waals surface area contributed by atoms with Gasteiger partial charge in [0, 0.05) is 45.4 Å². The lowest BCUT2D eigenvalue weighted by Crippen LogP contribution is -2.37. The van der Waals surface area contributed by atoms with Gasteiger partial charge in [0.25, 0.3) is 11.9 Å². The van der Waals surface area contributed by atoms with Gasteiger partial charge in [-0.15, -0.1) is 11.8 Å². The van der Waals surface area contributed by atoms with Gasteiger partial charge in [0.05, 0.1) is 17.8 Å². The van der Waals surface area contributed by atoms with Gasteiger partial charge < -0.3 is 24.4 Å². The molecule has 43 heavy (non-hydrogen) atoms. The molecular weight excluding hydrogens is 574 g/mol. The molecule has 3 atom stereocenters. The van der Waals surface area contributed by atoms with Crippen molar-refractivity contribution in [2.45, 2.75) is 88.9 Å². The fraction of sp³-hybridized carbons (Fsp3) is 0.469. The van der Waals surface area contributed by atoms with Gasteiger partial charge in [0.15, 0.2) is 0 Å². The minimum Gasteiger partial charge on any atom is -0.481 e. The Bertz CT molecular complexity index is 1300. The van der Waals surface area contributed by atoms with Gasteiger partial charge in [-0.25, -0.2) is 0 Å². The molecule has 1 heterocycles. The van der Waals surface area contributed by atoms with Crippen molar-refractivity contribution in [3.63, 3.8) is 0 Å². The van der Waals surface area contributed by atoms with E-state index in [0.717, 1.165) is 35.4 Å². The molecule has 2 aromatic carbocycles. The molecule has 11 heteroatoms. The number of hydrogen-bond donors (Lipinski definition) is 2. The third kappa shape index (κ3) is 12.9. The summed E-state index contributed by atoms with van der Waals surface area (Å²) in [5, 5.41) is 24.8. The molecule has 0 unspecified atom stereocenters. The molecule has 2 fully saturated rings. The van der Waals surface area contributed by atoms with Gasteiger partial charge in [-0.1, -0.05) is 30.3 Å². The van der Waals surface area contributed by atoms with Crippen molar-refractivity contribution in [1.82, 2.24) is 0 Å². The standard InChI is InChI=1S/C28H31NO5S.2C2H4O2/c1-17(30)32-16-25-13-24(33-18(2)31)14-27(34-25)23-11-22(26(15-29)28(12-23)35-3)10-19-4-6-20(7-5-19)21-8-9-21;2*1-2(3)4/h4-7,11-12,21,24-25,27H,8-10,13-14,16H2,1-3H3;2*1H3,(H,3,4)/t24-,25-,27+;;/m0../s1. The van der Waals surface area contributed by atoms with E-state index in [4.69, 9.17) is 34.0 Å². The number of hydrogen-bond acceptors (Lipinski definition) is 9. The maximum atomic E-state index is 11.7. The highest BCUT2D eigenvalue weighted by atomic mass is 32.2. The highest BCUT2D eigenvalue weighted by Crippen LogP contribution is 2.40. The lowest BCUT2D eigenvalue weighted by molar-refractivity contribution is -0.169. The summed E-state index contributed by atoms with van der Waals surface area (Å²) in [6.45, 7) is 5.03. The molecule has 0 bridgehead atoms. The molecule has 1 aliphatic heterocycles. The average molecular weight is 614 g/mol. The number of carboxylic acid groups (broad SMARTS) is 2. The second kappa shape index (κ2) is 17.3. The molecule has 2 aromatic rings. The Morgan fingerprint density at radius 1 is 0.953 bits per heavy atom. The van der Waals surface area contributed by atoms with Crippen LogP contribution in [0.1, 0.15) is 93.2 Å². The van der Waals surface area contributed by atoms with Crippen LogP contribution in [0.4, 0.5) is 0 Å². The van der Waals surface area contributed by atoms with Crippen LogP contribution >= 0.6 is 11.8 Å². The molecule has 4 rings (SSSR count). The Morgan fingerprint density at radius 2 is 1.56 bits per heavy atom. The number of nitrogens with zero attached hydrogens (tertiary/aromatic N) is 1. The van der Waals surface area contributed by atoms with Crippen LogP contribution in [-0.4, -0.2) is 59.2 Å². The minimum atomic E-state index is -0.833. The smallest absolute Gasteiger partial charge is 0.302 e. The molecule has 1 saturated carbocycles. The third-order valence-electron chi connectivity index (χ3n) is 6.50. The van der Waals surface area contributed by atoms with Crippen molar-refractivity contribution in [3.8, 4) is 6.07 Å². The van der Waals surface area contributed by atoms with Crippen molar-refractivity contribution in [3.05, 3.63) is 64.2 Å². The summed E-state index contributed by atoms with van der Waals surface area (Å²) in [5.41, 5.74) is 5.10. The van der Waals surface area contributed by atoms with E-state index in [1.54, 1.807) is 0 Å². The van der Waals surface area contributed by atoms with Gasteiger partial charge >= 0.3 is 11.9 Å². The topological polar surface area (TPSA) is 160 Å². The summed E-state index contributed by atoms with van der Waals surface area (Å²) >= 11 is 1.53. The van der Waals surface area contributed by atoms with E-state index < -0.39 is 11.9 Å². The Labute approximate surface area is 256 Å². The quantitative estimate of drug-likeness (QED) is 0.280. The van der Waals surface area contributed by atoms with Crippen molar-refractivity contribution < 1.29 is 43.6 Å². The predicted molar refractivity (Wildman–Crippen MR) is 160 cm³/mol. The lowest BCUT2D eigenvalue weighted by atomic mass is 9.91. The Kier molecular flexibility index (Phi) is 14.2. The van der Waals surface area contributed by atoms with Crippen LogP contribution in [-0.2, 0) is 39.8 Å². The normalized spacial score (nSPS) is 18.8. The van der Waals surface area contributed by atoms with Crippen molar-refractivity contribution in [1.29, 1.82) is 5.26 Å². The zero-order chi connectivity index (χ0) is 32.1. The monoisotopic (exact) mass is 613 g/mol. The highest BCUT2D eigenvalue weighted by molar-refractivity contribution is 7.98. The summed E-state index contributed by atoms with van der Waals surface area (Å²) in [6.07, 6.45) is 5.06. The summed E-state index contributed by atoms with van der Waals surface area (Å²) in [5.74, 6) is -1.68. The fourth-order valence-electron chi connectivity index (χ4n) is 4.69. The van der Waals surface area contributed by atoms with Gasteiger partial charge in [0.2, 0.25) is 0 Å². The third-order valence-corrected chi connectivity index (χ3v) is 7.26. The van der Waals surface area contributed by atoms with E-state index in [9.17, 15) is 14.9 Å².